The lowest BCUT2D eigenvalue weighted by Crippen LogP contribution is -2.55. The minimum atomic E-state index is -1.17. The second-order valence-electron chi connectivity index (χ2n) is 9.57. The van der Waals surface area contributed by atoms with Crippen molar-refractivity contribution in [2.45, 2.75) is 101 Å². The molecule has 1 saturated carbocycles. The molecule has 0 bridgehead atoms. The van der Waals surface area contributed by atoms with Gasteiger partial charge >= 0.3 is 0 Å². The predicted molar refractivity (Wildman–Crippen MR) is 97.2 cm³/mol. The molecule has 0 heterocycles. The molecule has 25 heavy (non-hydrogen) atoms. The molecule has 5 nitrogen and oxygen atoms in total. The maximum Gasteiger partial charge on any atom is 0.111 e. The SMILES string of the molecule is CC(C)(O)C1CCC(O)(COC(C)(C)C2(O)C=C[C@@](C)(O)CC2)CC1. The summed E-state index contributed by atoms with van der Waals surface area (Å²) in [5, 5.41) is 42.0. The molecule has 2 rings (SSSR count). The van der Waals surface area contributed by atoms with Gasteiger partial charge in [-0.15, -0.1) is 0 Å². The fourth-order valence-electron chi connectivity index (χ4n) is 3.88. The van der Waals surface area contributed by atoms with Gasteiger partial charge in [-0.25, -0.2) is 0 Å². The van der Waals surface area contributed by atoms with Crippen molar-refractivity contribution in [3.63, 3.8) is 0 Å². The van der Waals surface area contributed by atoms with Crippen LogP contribution in [0.1, 0.15) is 73.1 Å². The zero-order valence-electron chi connectivity index (χ0n) is 16.4. The second kappa shape index (κ2) is 6.61. The first-order valence-electron chi connectivity index (χ1n) is 9.42. The van der Waals surface area contributed by atoms with Crippen LogP contribution in [0.25, 0.3) is 0 Å². The van der Waals surface area contributed by atoms with Gasteiger partial charge in [-0.2, -0.15) is 0 Å². The third-order valence-electron chi connectivity index (χ3n) is 6.39. The van der Waals surface area contributed by atoms with Crippen molar-refractivity contribution in [2.75, 3.05) is 6.61 Å². The molecule has 0 spiro atoms. The molecule has 0 amide bonds. The quantitative estimate of drug-likeness (QED) is 0.568. The van der Waals surface area contributed by atoms with Crippen LogP contribution in [0.2, 0.25) is 0 Å². The largest absolute Gasteiger partial charge is 0.390 e. The highest BCUT2D eigenvalue weighted by Gasteiger charge is 2.47. The van der Waals surface area contributed by atoms with Crippen LogP contribution in [0.5, 0.6) is 0 Å². The van der Waals surface area contributed by atoms with Crippen LogP contribution in [0, 0.1) is 5.92 Å². The molecule has 0 aromatic carbocycles. The third-order valence-corrected chi connectivity index (χ3v) is 6.39. The van der Waals surface area contributed by atoms with Gasteiger partial charge in [0.15, 0.2) is 0 Å². The molecule has 0 radical (unpaired) electrons. The summed E-state index contributed by atoms with van der Waals surface area (Å²) < 4.78 is 6.01. The van der Waals surface area contributed by atoms with E-state index >= 15 is 0 Å². The molecule has 1 fully saturated rings. The minimum Gasteiger partial charge on any atom is -0.390 e. The van der Waals surface area contributed by atoms with E-state index in [9.17, 15) is 20.4 Å². The number of aliphatic hydroxyl groups is 4. The lowest BCUT2D eigenvalue weighted by atomic mass is 9.72. The van der Waals surface area contributed by atoms with Gasteiger partial charge in [0.1, 0.15) is 5.60 Å². The Hall–Kier alpha value is -0.460. The maximum atomic E-state index is 11.0. The Kier molecular flexibility index (Phi) is 5.51. The zero-order chi connectivity index (χ0) is 19.1. The molecule has 2 aliphatic rings. The third kappa shape index (κ3) is 4.83. The lowest BCUT2D eigenvalue weighted by Gasteiger charge is -2.47. The number of hydrogen-bond acceptors (Lipinski definition) is 5. The van der Waals surface area contributed by atoms with E-state index in [1.54, 1.807) is 19.1 Å². The Bertz CT molecular complexity index is 495. The summed E-state index contributed by atoms with van der Waals surface area (Å²) in [6.45, 7) is 9.17. The zero-order valence-corrected chi connectivity index (χ0v) is 16.4. The summed E-state index contributed by atoms with van der Waals surface area (Å²) in [6, 6.07) is 0. The van der Waals surface area contributed by atoms with Gasteiger partial charge in [0, 0.05) is 0 Å². The Morgan fingerprint density at radius 3 is 1.96 bits per heavy atom. The van der Waals surface area contributed by atoms with Gasteiger partial charge in [0.25, 0.3) is 0 Å². The van der Waals surface area contributed by atoms with Crippen LogP contribution in [0.15, 0.2) is 12.2 Å². The van der Waals surface area contributed by atoms with E-state index in [2.05, 4.69) is 0 Å². The monoisotopic (exact) mass is 356 g/mol. The van der Waals surface area contributed by atoms with Gasteiger partial charge in [-0.1, -0.05) is 12.2 Å². The molecular weight excluding hydrogens is 320 g/mol. The first-order valence-corrected chi connectivity index (χ1v) is 9.42. The fraction of sp³-hybridized carbons (Fsp3) is 0.900. The highest BCUT2D eigenvalue weighted by atomic mass is 16.5. The minimum absolute atomic E-state index is 0.158. The van der Waals surface area contributed by atoms with Crippen LogP contribution in [0.4, 0.5) is 0 Å². The standard InChI is InChI=1S/C20H36O5/c1-16(2,21)15-6-8-19(23,9-7-15)14-25-17(3,4)20(24)12-10-18(5,22)11-13-20/h10,12,15,21-24H,6-9,11,13-14H2,1-5H3/t15?,18-,19?,20?/m1/s1. The van der Waals surface area contributed by atoms with Gasteiger partial charge in [-0.05, 0) is 79.1 Å². The van der Waals surface area contributed by atoms with E-state index in [4.69, 9.17) is 4.74 Å². The molecule has 1 unspecified atom stereocenters. The van der Waals surface area contributed by atoms with Crippen molar-refractivity contribution in [3.8, 4) is 0 Å². The summed E-state index contributed by atoms with van der Waals surface area (Å²) in [5.41, 5.74) is -4.57. The molecule has 0 saturated heterocycles. The number of ether oxygens (including phenoxy) is 1. The Morgan fingerprint density at radius 1 is 0.960 bits per heavy atom. The van der Waals surface area contributed by atoms with Gasteiger partial charge in [0.2, 0.25) is 0 Å². The van der Waals surface area contributed by atoms with E-state index < -0.39 is 28.0 Å². The first-order chi connectivity index (χ1) is 11.2. The highest BCUT2D eigenvalue weighted by molar-refractivity contribution is 5.18. The fourth-order valence-corrected chi connectivity index (χ4v) is 3.88. The topological polar surface area (TPSA) is 90.2 Å². The molecule has 0 aromatic heterocycles. The molecular formula is C20H36O5. The Labute approximate surface area is 151 Å². The van der Waals surface area contributed by atoms with Crippen molar-refractivity contribution in [3.05, 3.63) is 12.2 Å². The van der Waals surface area contributed by atoms with Crippen molar-refractivity contribution in [1.82, 2.24) is 0 Å². The summed E-state index contributed by atoms with van der Waals surface area (Å²) >= 11 is 0. The van der Waals surface area contributed by atoms with E-state index in [0.717, 1.165) is 12.8 Å². The second-order valence-corrected chi connectivity index (χ2v) is 9.57. The first kappa shape index (κ1) is 20.8. The van der Waals surface area contributed by atoms with Crippen molar-refractivity contribution in [1.29, 1.82) is 0 Å². The summed E-state index contributed by atoms with van der Waals surface area (Å²) in [4.78, 5) is 0. The predicted octanol–water partition coefficient (Wildman–Crippen LogP) is 2.31. The van der Waals surface area contributed by atoms with Crippen molar-refractivity contribution < 1.29 is 25.2 Å². The van der Waals surface area contributed by atoms with E-state index in [1.165, 1.54) is 0 Å². The Morgan fingerprint density at radius 2 is 1.52 bits per heavy atom. The van der Waals surface area contributed by atoms with Gasteiger partial charge in [-0.3, -0.25) is 0 Å². The molecule has 0 aromatic rings. The van der Waals surface area contributed by atoms with Crippen LogP contribution in [-0.4, -0.2) is 55.0 Å². The number of rotatable bonds is 5. The molecule has 4 N–H and O–H groups in total. The smallest absolute Gasteiger partial charge is 0.111 e. The highest BCUT2D eigenvalue weighted by Crippen LogP contribution is 2.41. The molecule has 146 valence electrons. The number of hydrogen-bond donors (Lipinski definition) is 4. The van der Waals surface area contributed by atoms with Crippen LogP contribution >= 0.6 is 0 Å². The average Bonchev–Trinajstić information content (AvgIpc) is 2.48. The van der Waals surface area contributed by atoms with E-state index in [-0.39, 0.29) is 12.5 Å². The Balaban J connectivity index is 1.96. The van der Waals surface area contributed by atoms with Crippen LogP contribution in [0.3, 0.4) is 0 Å². The van der Waals surface area contributed by atoms with Crippen LogP contribution in [-0.2, 0) is 4.74 Å². The normalized spacial score (nSPS) is 40.3. The summed E-state index contributed by atoms with van der Waals surface area (Å²) in [6.07, 6.45) is 6.82. The van der Waals surface area contributed by atoms with Gasteiger partial charge in [0.05, 0.1) is 29.0 Å². The average molecular weight is 357 g/mol. The summed E-state index contributed by atoms with van der Waals surface area (Å²) in [7, 11) is 0. The summed E-state index contributed by atoms with van der Waals surface area (Å²) in [5.74, 6) is 0.188. The van der Waals surface area contributed by atoms with Crippen molar-refractivity contribution >= 4 is 0 Å². The van der Waals surface area contributed by atoms with Crippen molar-refractivity contribution in [2.24, 2.45) is 5.92 Å². The molecule has 0 aliphatic heterocycles. The van der Waals surface area contributed by atoms with Crippen LogP contribution < -0.4 is 0 Å². The van der Waals surface area contributed by atoms with Gasteiger partial charge < -0.3 is 25.2 Å². The maximum absolute atomic E-state index is 11.0. The molecule has 5 heteroatoms. The molecule has 2 aliphatic carbocycles. The van der Waals surface area contributed by atoms with E-state index in [1.807, 2.05) is 27.7 Å². The van der Waals surface area contributed by atoms with E-state index in [0.29, 0.717) is 25.7 Å². The lowest BCUT2D eigenvalue weighted by molar-refractivity contribution is -0.190. The molecule has 2 atom stereocenters.